The lowest BCUT2D eigenvalue weighted by Crippen LogP contribution is -1.85. The molecule has 0 heterocycles. The van der Waals surface area contributed by atoms with Crippen LogP contribution in [0.15, 0.2) is 12.2 Å². The predicted molar refractivity (Wildman–Crippen MR) is 34.7 cm³/mol. The molecule has 0 aliphatic heterocycles. The molecular weight excluding hydrogens is 114 g/mol. The molecule has 0 aliphatic rings. The van der Waals surface area contributed by atoms with E-state index in [2.05, 4.69) is 0 Å². The van der Waals surface area contributed by atoms with Crippen molar-refractivity contribution < 1.29 is 4.79 Å². The second-order valence-electron chi connectivity index (χ2n) is 1.77. The fourth-order valence-electron chi connectivity index (χ4n) is 0.423. The number of carbonyl (C=O) groups is 1. The Morgan fingerprint density at radius 3 is 2.89 bits per heavy atom. The van der Waals surface area contributed by atoms with Crippen molar-refractivity contribution in [3.63, 3.8) is 0 Å². The number of nitrogens with zero attached hydrogens (tertiary/aromatic N) is 1. The van der Waals surface area contributed by atoms with Crippen LogP contribution in [0.2, 0.25) is 0 Å². The fourth-order valence-corrected chi connectivity index (χ4v) is 0.423. The maximum absolute atomic E-state index is 10.3. The molecule has 0 unspecified atom stereocenters. The molecule has 0 saturated carbocycles. The second kappa shape index (κ2) is 5.04. The van der Waals surface area contributed by atoms with Gasteiger partial charge < -0.3 is 4.79 Å². The van der Waals surface area contributed by atoms with Crippen molar-refractivity contribution in [3.8, 4) is 6.07 Å². The Morgan fingerprint density at radius 2 is 2.44 bits per heavy atom. The van der Waals surface area contributed by atoms with Crippen LogP contribution in [0.25, 0.3) is 0 Å². The fraction of sp³-hybridized carbons (Fsp3) is 0.429. The number of carbonyl (C=O) groups excluding carboxylic acids is 1. The molecule has 0 rings (SSSR count). The van der Waals surface area contributed by atoms with Gasteiger partial charge in [-0.25, -0.2) is 0 Å². The summed E-state index contributed by atoms with van der Waals surface area (Å²) in [7, 11) is 0. The maximum atomic E-state index is 10.3. The molecule has 0 radical (unpaired) electrons. The Morgan fingerprint density at radius 1 is 1.78 bits per heavy atom. The number of ketones is 1. The average Bonchev–Trinajstić information content (AvgIpc) is 1.80. The molecule has 0 N–H and O–H groups in total. The highest BCUT2D eigenvalue weighted by Gasteiger charge is 1.86. The van der Waals surface area contributed by atoms with E-state index < -0.39 is 0 Å². The molecule has 0 bridgehead atoms. The van der Waals surface area contributed by atoms with E-state index >= 15 is 0 Å². The zero-order valence-electron chi connectivity index (χ0n) is 5.42. The van der Waals surface area contributed by atoms with E-state index in [0.29, 0.717) is 12.8 Å². The van der Waals surface area contributed by atoms with Gasteiger partial charge in [0.25, 0.3) is 0 Å². The van der Waals surface area contributed by atoms with E-state index in [0.717, 1.165) is 0 Å². The zero-order valence-corrected chi connectivity index (χ0v) is 5.42. The van der Waals surface area contributed by atoms with Gasteiger partial charge in [-0.15, -0.1) is 0 Å². The SMILES string of the molecule is CC(=O)CC/C=C/C#N. The van der Waals surface area contributed by atoms with Gasteiger partial charge in [0.05, 0.1) is 6.07 Å². The molecule has 0 aromatic heterocycles. The lowest BCUT2D eigenvalue weighted by atomic mass is 10.2. The Balaban J connectivity index is 3.22. The van der Waals surface area contributed by atoms with E-state index in [9.17, 15) is 4.79 Å². The van der Waals surface area contributed by atoms with E-state index in [4.69, 9.17) is 5.26 Å². The first kappa shape index (κ1) is 7.90. The lowest BCUT2D eigenvalue weighted by Gasteiger charge is -1.83. The minimum absolute atomic E-state index is 0.164. The Bertz CT molecular complexity index is 153. The molecule has 2 nitrogen and oxygen atoms in total. The molecule has 0 saturated heterocycles. The molecule has 0 aromatic rings. The molecule has 0 amide bonds. The van der Waals surface area contributed by atoms with Crippen LogP contribution in [-0.2, 0) is 4.79 Å². The summed E-state index contributed by atoms with van der Waals surface area (Å²) in [5.41, 5.74) is 0. The normalized spacial score (nSPS) is 9.33. The number of rotatable bonds is 3. The van der Waals surface area contributed by atoms with Crippen molar-refractivity contribution in [2.24, 2.45) is 0 Å². The largest absolute Gasteiger partial charge is 0.300 e. The van der Waals surface area contributed by atoms with Gasteiger partial charge in [0.2, 0.25) is 0 Å². The van der Waals surface area contributed by atoms with Crippen LogP contribution >= 0.6 is 0 Å². The molecular formula is C7H9NO. The van der Waals surface area contributed by atoms with E-state index in [1.54, 1.807) is 13.0 Å². The first-order valence-electron chi connectivity index (χ1n) is 2.81. The quantitative estimate of drug-likeness (QED) is 0.533. The van der Waals surface area contributed by atoms with Crippen molar-refractivity contribution in [1.29, 1.82) is 5.26 Å². The van der Waals surface area contributed by atoms with E-state index in [-0.39, 0.29) is 5.78 Å². The third kappa shape index (κ3) is 6.90. The Kier molecular flexibility index (Phi) is 4.43. The van der Waals surface area contributed by atoms with Crippen LogP contribution in [0.1, 0.15) is 19.8 Å². The van der Waals surface area contributed by atoms with Gasteiger partial charge in [0.15, 0.2) is 0 Å². The van der Waals surface area contributed by atoms with Gasteiger partial charge in [-0.2, -0.15) is 5.26 Å². The summed E-state index contributed by atoms with van der Waals surface area (Å²) >= 11 is 0. The van der Waals surface area contributed by atoms with Crippen molar-refractivity contribution >= 4 is 5.78 Å². The summed E-state index contributed by atoms with van der Waals surface area (Å²) in [5, 5.41) is 8.01. The minimum atomic E-state index is 0.164. The summed E-state index contributed by atoms with van der Waals surface area (Å²) in [6.45, 7) is 1.54. The number of allylic oxidation sites excluding steroid dienone is 2. The molecule has 0 aromatic carbocycles. The number of Topliss-reactive ketones (excluding diaryl/α,β-unsaturated/α-hetero) is 1. The zero-order chi connectivity index (χ0) is 7.11. The lowest BCUT2D eigenvalue weighted by molar-refractivity contribution is -0.116. The Hall–Kier alpha value is -1.10. The van der Waals surface area contributed by atoms with Gasteiger partial charge >= 0.3 is 0 Å². The summed E-state index contributed by atoms with van der Waals surface area (Å²) in [5.74, 6) is 0.164. The summed E-state index contributed by atoms with van der Waals surface area (Å²) < 4.78 is 0. The number of hydrogen-bond donors (Lipinski definition) is 0. The van der Waals surface area contributed by atoms with E-state index in [1.807, 2.05) is 6.07 Å². The second-order valence-corrected chi connectivity index (χ2v) is 1.77. The van der Waals surface area contributed by atoms with Gasteiger partial charge in [0.1, 0.15) is 5.78 Å². The molecule has 48 valence electrons. The number of nitriles is 1. The van der Waals surface area contributed by atoms with Crippen LogP contribution in [0.3, 0.4) is 0 Å². The first-order chi connectivity index (χ1) is 4.27. The van der Waals surface area contributed by atoms with Crippen LogP contribution in [0.5, 0.6) is 0 Å². The molecule has 0 fully saturated rings. The van der Waals surface area contributed by atoms with Crippen molar-refractivity contribution in [1.82, 2.24) is 0 Å². The number of hydrogen-bond acceptors (Lipinski definition) is 2. The predicted octanol–water partition coefficient (Wildman–Crippen LogP) is 1.44. The third-order valence-electron chi connectivity index (χ3n) is 0.855. The van der Waals surface area contributed by atoms with Crippen molar-refractivity contribution in [2.45, 2.75) is 19.8 Å². The van der Waals surface area contributed by atoms with Gasteiger partial charge in [-0.05, 0) is 13.3 Å². The summed E-state index contributed by atoms with van der Waals surface area (Å²) in [4.78, 5) is 10.3. The monoisotopic (exact) mass is 123 g/mol. The van der Waals surface area contributed by atoms with Crippen molar-refractivity contribution in [2.75, 3.05) is 0 Å². The minimum Gasteiger partial charge on any atom is -0.300 e. The molecule has 0 aliphatic carbocycles. The standard InChI is InChI=1S/C7H9NO/c1-7(9)5-3-2-4-6-8/h2,4H,3,5H2,1H3/b4-2+. The first-order valence-corrected chi connectivity index (χ1v) is 2.81. The summed E-state index contributed by atoms with van der Waals surface area (Å²) in [6, 6.07) is 1.85. The van der Waals surface area contributed by atoms with E-state index in [1.165, 1.54) is 6.08 Å². The van der Waals surface area contributed by atoms with Crippen LogP contribution in [0.4, 0.5) is 0 Å². The molecule has 2 heteroatoms. The molecule has 0 spiro atoms. The maximum Gasteiger partial charge on any atom is 0.130 e. The van der Waals surface area contributed by atoms with Crippen LogP contribution in [0, 0.1) is 11.3 Å². The highest BCUT2D eigenvalue weighted by atomic mass is 16.1. The van der Waals surface area contributed by atoms with Gasteiger partial charge in [0, 0.05) is 12.5 Å². The van der Waals surface area contributed by atoms with Crippen molar-refractivity contribution in [3.05, 3.63) is 12.2 Å². The molecule has 9 heavy (non-hydrogen) atoms. The highest BCUT2D eigenvalue weighted by Crippen LogP contribution is 1.90. The highest BCUT2D eigenvalue weighted by molar-refractivity contribution is 5.75. The average molecular weight is 123 g/mol. The smallest absolute Gasteiger partial charge is 0.130 e. The third-order valence-corrected chi connectivity index (χ3v) is 0.855. The molecule has 0 atom stereocenters. The van der Waals surface area contributed by atoms with Gasteiger partial charge in [-0.3, -0.25) is 0 Å². The van der Waals surface area contributed by atoms with Crippen LogP contribution < -0.4 is 0 Å². The topological polar surface area (TPSA) is 40.9 Å². The van der Waals surface area contributed by atoms with Gasteiger partial charge in [-0.1, -0.05) is 6.08 Å². The summed E-state index contributed by atoms with van der Waals surface area (Å²) in [6.07, 6.45) is 4.31. The Labute approximate surface area is 54.8 Å². The van der Waals surface area contributed by atoms with Crippen LogP contribution in [-0.4, -0.2) is 5.78 Å².